The minimum absolute atomic E-state index is 0. The van der Waals surface area contributed by atoms with E-state index in [2.05, 4.69) is 5.32 Å². The molecule has 26 heavy (non-hydrogen) atoms. The molecule has 1 fully saturated rings. The Morgan fingerprint density at radius 1 is 1.35 bits per heavy atom. The van der Waals surface area contributed by atoms with Crippen LogP contribution < -0.4 is 11.1 Å². The normalized spacial score (nSPS) is 22.7. The van der Waals surface area contributed by atoms with Gasteiger partial charge in [0.1, 0.15) is 28.9 Å². The van der Waals surface area contributed by atoms with Crippen LogP contribution in [0.15, 0.2) is 35.5 Å². The Balaban J connectivity index is 0.00000243. The summed E-state index contributed by atoms with van der Waals surface area (Å²) >= 11 is 1.40. The molecule has 3 atom stereocenters. The van der Waals surface area contributed by atoms with E-state index in [-0.39, 0.29) is 41.0 Å². The van der Waals surface area contributed by atoms with E-state index in [1.54, 1.807) is 6.92 Å². The van der Waals surface area contributed by atoms with Gasteiger partial charge in [-0.3, -0.25) is 14.5 Å². The Kier molecular flexibility index (Phi) is 6.41. The number of nitrogens with one attached hydrogen (secondary N) is 1. The number of carboxylic acid groups (broad SMARTS) is 1. The van der Waals surface area contributed by atoms with Gasteiger partial charge in [-0.15, -0.1) is 11.8 Å². The fourth-order valence-electron chi connectivity index (χ4n) is 2.85. The minimum atomic E-state index is -1.15. The van der Waals surface area contributed by atoms with Crippen molar-refractivity contribution in [3.05, 3.63) is 41.1 Å². The number of carbonyl (C=O) groups is 3. The molecule has 5 N–H and O–H groups in total. The third-order valence-electron chi connectivity index (χ3n) is 4.19. The number of hydrogen-bond acceptors (Lipinski definition) is 6. The van der Waals surface area contributed by atoms with Crippen LogP contribution in [-0.4, -0.2) is 79.6 Å². The summed E-state index contributed by atoms with van der Waals surface area (Å²) in [5.74, 6) is -1.61. The summed E-state index contributed by atoms with van der Waals surface area (Å²) in [6, 6.07) is 4.09. The van der Waals surface area contributed by atoms with Gasteiger partial charge in [0.2, 0.25) is 5.91 Å². The number of carboxylic acids is 1. The van der Waals surface area contributed by atoms with Crippen molar-refractivity contribution >= 4 is 59.1 Å². The first-order valence-electron chi connectivity index (χ1n) is 7.54. The first-order valence-corrected chi connectivity index (χ1v) is 8.58. The molecule has 0 saturated carbocycles. The van der Waals surface area contributed by atoms with Crippen LogP contribution in [0.5, 0.6) is 5.75 Å². The molecule has 0 unspecified atom stereocenters. The van der Waals surface area contributed by atoms with Crippen LogP contribution in [0.3, 0.4) is 0 Å². The van der Waals surface area contributed by atoms with Gasteiger partial charge in [0.25, 0.3) is 5.91 Å². The average molecular weight is 387 g/mol. The van der Waals surface area contributed by atoms with Crippen molar-refractivity contribution in [3.63, 3.8) is 0 Å². The molecule has 10 heteroatoms. The molecule has 134 valence electrons. The van der Waals surface area contributed by atoms with Crippen LogP contribution in [0, 0.1) is 0 Å². The van der Waals surface area contributed by atoms with Crippen LogP contribution in [0.4, 0.5) is 0 Å². The number of thioether (sulfide) groups is 1. The number of β-lactam (4-membered cyclic amide) rings is 1. The summed E-state index contributed by atoms with van der Waals surface area (Å²) in [7, 11) is 0. The van der Waals surface area contributed by atoms with Gasteiger partial charge < -0.3 is 21.3 Å². The SMILES string of the molecule is CC1=C(C(=O)O)N2C(=O)[C@@H](NC(=O)[C@H](N)c3ccc(O)cc3)[C@H]2SC1.[NaH]. The third kappa shape index (κ3) is 3.63. The van der Waals surface area contributed by atoms with Crippen molar-refractivity contribution in [2.75, 3.05) is 5.75 Å². The van der Waals surface area contributed by atoms with Crippen molar-refractivity contribution in [3.8, 4) is 5.75 Å². The molecular weight excluding hydrogens is 369 g/mol. The van der Waals surface area contributed by atoms with E-state index < -0.39 is 35.2 Å². The predicted molar refractivity (Wildman–Crippen MR) is 97.5 cm³/mol. The number of amides is 2. The van der Waals surface area contributed by atoms with Crippen LogP contribution in [-0.2, 0) is 14.4 Å². The van der Waals surface area contributed by atoms with E-state index >= 15 is 0 Å². The molecule has 1 saturated heterocycles. The molecular formula is C16H18N3NaO5S. The van der Waals surface area contributed by atoms with Gasteiger partial charge in [-0.05, 0) is 30.2 Å². The summed E-state index contributed by atoms with van der Waals surface area (Å²) < 4.78 is 0. The number of aromatic hydroxyl groups is 1. The Labute approximate surface area is 176 Å². The summed E-state index contributed by atoms with van der Waals surface area (Å²) in [6.45, 7) is 1.67. The van der Waals surface area contributed by atoms with E-state index in [0.717, 1.165) is 0 Å². The van der Waals surface area contributed by atoms with Crippen molar-refractivity contribution in [2.24, 2.45) is 5.73 Å². The summed E-state index contributed by atoms with van der Waals surface area (Å²) in [5.41, 5.74) is 7.00. The molecule has 3 rings (SSSR count). The molecule has 0 radical (unpaired) electrons. The van der Waals surface area contributed by atoms with Crippen molar-refractivity contribution in [2.45, 2.75) is 24.4 Å². The van der Waals surface area contributed by atoms with Crippen molar-refractivity contribution in [1.29, 1.82) is 0 Å². The molecule has 2 heterocycles. The van der Waals surface area contributed by atoms with Gasteiger partial charge in [-0.25, -0.2) is 4.79 Å². The van der Waals surface area contributed by atoms with Gasteiger partial charge in [-0.1, -0.05) is 12.1 Å². The zero-order chi connectivity index (χ0) is 18.3. The molecule has 0 spiro atoms. The number of rotatable bonds is 4. The standard InChI is InChI=1S/C16H17N3O5S.Na.H/c1-7-6-25-15-11(14(22)19(15)12(7)16(23)24)18-13(21)10(17)8-2-4-9(20)5-3-8;;/h2-5,10-11,15,20H,6,17H2,1H3,(H,18,21)(H,23,24);;/t10-,11-,15-;;/m1../s1. The van der Waals surface area contributed by atoms with Gasteiger partial charge in [0.15, 0.2) is 0 Å². The van der Waals surface area contributed by atoms with Crippen molar-refractivity contribution in [1.82, 2.24) is 10.2 Å². The van der Waals surface area contributed by atoms with Gasteiger partial charge in [0.05, 0.1) is 0 Å². The Morgan fingerprint density at radius 2 is 1.96 bits per heavy atom. The second kappa shape index (κ2) is 8.01. The molecule has 0 aliphatic carbocycles. The molecule has 1 aromatic rings. The number of benzene rings is 1. The van der Waals surface area contributed by atoms with E-state index in [0.29, 0.717) is 16.9 Å². The number of nitrogens with zero attached hydrogens (tertiary/aromatic N) is 1. The summed E-state index contributed by atoms with van der Waals surface area (Å²) in [5, 5.41) is 20.7. The number of aliphatic carboxylic acids is 1. The average Bonchev–Trinajstić information content (AvgIpc) is 2.58. The van der Waals surface area contributed by atoms with E-state index in [4.69, 9.17) is 5.73 Å². The molecule has 2 amide bonds. The fraction of sp³-hybridized carbons (Fsp3) is 0.312. The zero-order valence-electron chi connectivity index (χ0n) is 13.3. The van der Waals surface area contributed by atoms with Crippen molar-refractivity contribution < 1.29 is 24.6 Å². The van der Waals surface area contributed by atoms with Crippen LogP contribution in [0.25, 0.3) is 0 Å². The fourth-order valence-corrected chi connectivity index (χ4v) is 4.14. The number of phenols is 1. The molecule has 1 aromatic carbocycles. The maximum absolute atomic E-state index is 12.3. The second-order valence-corrected chi connectivity index (χ2v) is 7.00. The summed E-state index contributed by atoms with van der Waals surface area (Å²) in [6.07, 6.45) is 0. The predicted octanol–water partition coefficient (Wildman–Crippen LogP) is -0.498. The second-order valence-electron chi connectivity index (χ2n) is 5.90. The van der Waals surface area contributed by atoms with Crippen LogP contribution in [0.1, 0.15) is 18.5 Å². The Morgan fingerprint density at radius 3 is 2.54 bits per heavy atom. The first kappa shape index (κ1) is 20.8. The Hall–Kier alpha value is -1.52. The molecule has 8 nitrogen and oxygen atoms in total. The number of fused-ring (bicyclic) bond motifs is 1. The van der Waals surface area contributed by atoms with Crippen LogP contribution in [0.2, 0.25) is 0 Å². The van der Waals surface area contributed by atoms with Crippen LogP contribution >= 0.6 is 11.8 Å². The quantitative estimate of drug-likeness (QED) is 0.404. The molecule has 0 aromatic heterocycles. The van der Waals surface area contributed by atoms with E-state index in [1.165, 1.54) is 40.9 Å². The third-order valence-corrected chi connectivity index (χ3v) is 5.62. The molecule has 2 aliphatic rings. The molecule has 2 aliphatic heterocycles. The number of hydrogen-bond donors (Lipinski definition) is 4. The molecule has 0 bridgehead atoms. The number of carbonyl (C=O) groups excluding carboxylic acids is 2. The number of nitrogens with two attached hydrogens (primary N) is 1. The topological polar surface area (TPSA) is 133 Å². The van der Waals surface area contributed by atoms with Gasteiger partial charge >= 0.3 is 35.5 Å². The first-order chi connectivity index (χ1) is 11.8. The zero-order valence-corrected chi connectivity index (χ0v) is 14.1. The maximum atomic E-state index is 12.3. The van der Waals surface area contributed by atoms with Gasteiger partial charge in [0, 0.05) is 5.75 Å². The Bertz CT molecular complexity index is 783. The van der Waals surface area contributed by atoms with Gasteiger partial charge in [-0.2, -0.15) is 0 Å². The monoisotopic (exact) mass is 387 g/mol. The number of phenolic OH excluding ortho intramolecular Hbond substituents is 1. The van der Waals surface area contributed by atoms with E-state index in [1.807, 2.05) is 0 Å². The summed E-state index contributed by atoms with van der Waals surface area (Å²) in [4.78, 5) is 37.2. The van der Waals surface area contributed by atoms with E-state index in [9.17, 15) is 24.6 Å².